The standard InChI is InChI=1S/C14H22N2O3/c1-11(13-3-2-8-19-13)15-14(18)10-16-6-4-12(9-16)5-7-17/h2-3,8,11-12,17H,4-7,9-10H2,1H3,(H,15,18). The van der Waals surface area contributed by atoms with Gasteiger partial charge in [-0.25, -0.2) is 0 Å². The van der Waals surface area contributed by atoms with E-state index in [1.165, 1.54) is 0 Å². The summed E-state index contributed by atoms with van der Waals surface area (Å²) in [4.78, 5) is 14.1. The van der Waals surface area contributed by atoms with Crippen LogP contribution in [0.4, 0.5) is 0 Å². The molecule has 1 aliphatic rings. The Balaban J connectivity index is 1.73. The molecule has 5 heteroatoms. The van der Waals surface area contributed by atoms with Crippen molar-refractivity contribution in [2.75, 3.05) is 26.2 Å². The van der Waals surface area contributed by atoms with Crippen molar-refractivity contribution in [1.29, 1.82) is 0 Å². The summed E-state index contributed by atoms with van der Waals surface area (Å²) >= 11 is 0. The lowest BCUT2D eigenvalue weighted by Gasteiger charge is -2.17. The molecule has 2 rings (SSSR count). The van der Waals surface area contributed by atoms with Crippen LogP contribution in [-0.4, -0.2) is 42.2 Å². The Labute approximate surface area is 113 Å². The largest absolute Gasteiger partial charge is 0.467 e. The van der Waals surface area contributed by atoms with Gasteiger partial charge in [0.15, 0.2) is 0 Å². The lowest BCUT2D eigenvalue weighted by molar-refractivity contribution is -0.122. The molecule has 2 heterocycles. The van der Waals surface area contributed by atoms with Gasteiger partial charge in [0, 0.05) is 13.2 Å². The van der Waals surface area contributed by atoms with Crippen LogP contribution in [0.5, 0.6) is 0 Å². The average molecular weight is 266 g/mol. The summed E-state index contributed by atoms with van der Waals surface area (Å²) in [6.07, 6.45) is 3.51. The number of amides is 1. The molecule has 2 atom stereocenters. The number of nitrogens with zero attached hydrogens (tertiary/aromatic N) is 1. The SMILES string of the molecule is CC(NC(=O)CN1CCC(CCO)C1)c1ccco1. The number of likely N-dealkylation sites (tertiary alicyclic amines) is 1. The minimum atomic E-state index is -0.0988. The van der Waals surface area contributed by atoms with Crippen LogP contribution in [0.3, 0.4) is 0 Å². The molecule has 1 saturated heterocycles. The van der Waals surface area contributed by atoms with Crippen LogP contribution in [0.1, 0.15) is 31.6 Å². The quantitative estimate of drug-likeness (QED) is 0.811. The fourth-order valence-corrected chi connectivity index (χ4v) is 2.57. The zero-order valence-corrected chi connectivity index (χ0v) is 11.3. The second-order valence-corrected chi connectivity index (χ2v) is 5.21. The number of hydrogen-bond acceptors (Lipinski definition) is 4. The maximum atomic E-state index is 11.9. The number of carbonyl (C=O) groups is 1. The zero-order valence-electron chi connectivity index (χ0n) is 11.3. The first-order chi connectivity index (χ1) is 9.19. The van der Waals surface area contributed by atoms with Crippen molar-refractivity contribution in [2.45, 2.75) is 25.8 Å². The van der Waals surface area contributed by atoms with Crippen LogP contribution in [0.25, 0.3) is 0 Å². The summed E-state index contributed by atoms with van der Waals surface area (Å²) in [7, 11) is 0. The molecule has 1 aromatic heterocycles. The third-order valence-electron chi connectivity index (χ3n) is 3.62. The lowest BCUT2D eigenvalue weighted by Crippen LogP contribution is -2.37. The molecule has 2 unspecified atom stereocenters. The van der Waals surface area contributed by atoms with E-state index in [0.717, 1.165) is 31.7 Å². The van der Waals surface area contributed by atoms with E-state index < -0.39 is 0 Å². The summed E-state index contributed by atoms with van der Waals surface area (Å²) in [5, 5.41) is 11.8. The van der Waals surface area contributed by atoms with Crippen molar-refractivity contribution in [3.63, 3.8) is 0 Å². The number of nitrogens with one attached hydrogen (secondary N) is 1. The molecule has 0 radical (unpaired) electrons. The second kappa shape index (κ2) is 6.73. The number of rotatable bonds is 6. The molecule has 0 spiro atoms. The Kier molecular flexibility index (Phi) is 4.99. The van der Waals surface area contributed by atoms with Gasteiger partial charge in [0.1, 0.15) is 5.76 Å². The van der Waals surface area contributed by atoms with Gasteiger partial charge in [0.2, 0.25) is 5.91 Å². The van der Waals surface area contributed by atoms with Crippen molar-refractivity contribution in [2.24, 2.45) is 5.92 Å². The maximum Gasteiger partial charge on any atom is 0.234 e. The number of aliphatic hydroxyl groups excluding tert-OH is 1. The van der Waals surface area contributed by atoms with E-state index in [-0.39, 0.29) is 18.6 Å². The van der Waals surface area contributed by atoms with Gasteiger partial charge in [-0.05, 0) is 44.4 Å². The van der Waals surface area contributed by atoms with Crippen molar-refractivity contribution in [1.82, 2.24) is 10.2 Å². The summed E-state index contributed by atoms with van der Waals surface area (Å²) in [5.41, 5.74) is 0. The number of furan rings is 1. The first-order valence-corrected chi connectivity index (χ1v) is 6.85. The zero-order chi connectivity index (χ0) is 13.7. The molecule has 0 bridgehead atoms. The molecular formula is C14H22N2O3. The third kappa shape index (κ3) is 4.08. The number of hydrogen-bond donors (Lipinski definition) is 2. The van der Waals surface area contributed by atoms with Gasteiger partial charge in [0.25, 0.3) is 0 Å². The topological polar surface area (TPSA) is 65.7 Å². The number of carbonyl (C=O) groups excluding carboxylic acids is 1. The highest BCUT2D eigenvalue weighted by Gasteiger charge is 2.24. The van der Waals surface area contributed by atoms with E-state index in [1.54, 1.807) is 6.26 Å². The highest BCUT2D eigenvalue weighted by molar-refractivity contribution is 5.78. The van der Waals surface area contributed by atoms with Gasteiger partial charge in [-0.3, -0.25) is 9.69 Å². The van der Waals surface area contributed by atoms with Gasteiger partial charge in [-0.15, -0.1) is 0 Å². The lowest BCUT2D eigenvalue weighted by atomic mass is 10.1. The van der Waals surface area contributed by atoms with E-state index in [2.05, 4.69) is 10.2 Å². The molecule has 1 amide bonds. The molecule has 106 valence electrons. The predicted molar refractivity (Wildman–Crippen MR) is 71.5 cm³/mol. The Hall–Kier alpha value is -1.33. The molecule has 1 aliphatic heterocycles. The summed E-state index contributed by atoms with van der Waals surface area (Å²) in [5.74, 6) is 1.32. The molecule has 2 N–H and O–H groups in total. The van der Waals surface area contributed by atoms with Crippen molar-refractivity contribution in [3.8, 4) is 0 Å². The molecule has 0 aromatic carbocycles. The van der Waals surface area contributed by atoms with Crippen LogP contribution in [0.2, 0.25) is 0 Å². The Bertz CT molecular complexity index is 391. The molecule has 1 aromatic rings. The minimum Gasteiger partial charge on any atom is -0.467 e. The van der Waals surface area contributed by atoms with E-state index in [0.29, 0.717) is 12.5 Å². The Morgan fingerprint density at radius 2 is 2.53 bits per heavy atom. The first kappa shape index (κ1) is 14.1. The highest BCUT2D eigenvalue weighted by Crippen LogP contribution is 2.19. The maximum absolute atomic E-state index is 11.9. The fraction of sp³-hybridized carbons (Fsp3) is 0.643. The van der Waals surface area contributed by atoms with Crippen molar-refractivity contribution < 1.29 is 14.3 Å². The minimum absolute atomic E-state index is 0.0218. The van der Waals surface area contributed by atoms with Crippen LogP contribution in [0.15, 0.2) is 22.8 Å². The van der Waals surface area contributed by atoms with Gasteiger partial charge < -0.3 is 14.8 Å². The van der Waals surface area contributed by atoms with Crippen LogP contribution < -0.4 is 5.32 Å². The van der Waals surface area contributed by atoms with Gasteiger partial charge in [0.05, 0.1) is 18.8 Å². The molecule has 5 nitrogen and oxygen atoms in total. The van der Waals surface area contributed by atoms with Crippen LogP contribution in [0, 0.1) is 5.92 Å². The number of aliphatic hydroxyl groups is 1. The van der Waals surface area contributed by atoms with Gasteiger partial charge in [-0.2, -0.15) is 0 Å². The van der Waals surface area contributed by atoms with E-state index in [9.17, 15) is 4.79 Å². The van der Waals surface area contributed by atoms with E-state index in [4.69, 9.17) is 9.52 Å². The third-order valence-corrected chi connectivity index (χ3v) is 3.62. The van der Waals surface area contributed by atoms with Gasteiger partial charge in [-0.1, -0.05) is 0 Å². The molecule has 0 aliphatic carbocycles. The highest BCUT2D eigenvalue weighted by atomic mass is 16.3. The fourth-order valence-electron chi connectivity index (χ4n) is 2.57. The molecular weight excluding hydrogens is 244 g/mol. The average Bonchev–Trinajstić information content (AvgIpc) is 3.00. The van der Waals surface area contributed by atoms with Gasteiger partial charge >= 0.3 is 0 Å². The molecule has 0 saturated carbocycles. The summed E-state index contributed by atoms with van der Waals surface area (Å²) < 4.78 is 5.26. The van der Waals surface area contributed by atoms with Crippen LogP contribution in [-0.2, 0) is 4.79 Å². The normalized spacial score (nSPS) is 21.5. The van der Waals surface area contributed by atoms with Crippen molar-refractivity contribution in [3.05, 3.63) is 24.2 Å². The predicted octanol–water partition coefficient (Wildman–Crippen LogP) is 1.16. The molecule has 19 heavy (non-hydrogen) atoms. The van der Waals surface area contributed by atoms with E-state index in [1.807, 2.05) is 19.1 Å². The smallest absolute Gasteiger partial charge is 0.234 e. The van der Waals surface area contributed by atoms with Crippen molar-refractivity contribution >= 4 is 5.91 Å². The Morgan fingerprint density at radius 3 is 3.21 bits per heavy atom. The Morgan fingerprint density at radius 1 is 1.68 bits per heavy atom. The van der Waals surface area contributed by atoms with Crippen LogP contribution >= 0.6 is 0 Å². The van der Waals surface area contributed by atoms with E-state index >= 15 is 0 Å². The second-order valence-electron chi connectivity index (χ2n) is 5.21. The summed E-state index contributed by atoms with van der Waals surface area (Å²) in [6, 6.07) is 3.58. The molecule has 1 fully saturated rings. The summed E-state index contributed by atoms with van der Waals surface area (Å²) in [6.45, 7) is 4.42. The monoisotopic (exact) mass is 266 g/mol. The first-order valence-electron chi connectivity index (χ1n) is 6.85.